The molecule has 0 bridgehead atoms. The molecule has 0 saturated heterocycles. The Kier molecular flexibility index (Phi) is 10.7. The molecule has 0 heterocycles. The summed E-state index contributed by atoms with van der Waals surface area (Å²) >= 11 is 10.5. The molecule has 4 heteroatoms. The van der Waals surface area contributed by atoms with Gasteiger partial charge in [-0.05, 0) is 29.5 Å². The van der Waals surface area contributed by atoms with Gasteiger partial charge in [0.25, 0.3) is 0 Å². The second-order valence-electron chi connectivity index (χ2n) is 6.50. The number of hydrogen-bond donors (Lipinski definition) is 0. The third kappa shape index (κ3) is 7.61. The normalized spacial score (nSPS) is 13.2. The summed E-state index contributed by atoms with van der Waals surface area (Å²) in [5.41, 5.74) is 4.01. The first kappa shape index (κ1) is 23.5. The van der Waals surface area contributed by atoms with Crippen LogP contribution in [0.4, 0.5) is 0 Å². The van der Waals surface area contributed by atoms with Crippen LogP contribution in [0, 0.1) is 22.7 Å². The van der Waals surface area contributed by atoms with Gasteiger partial charge in [-0.3, -0.25) is 0 Å². The summed E-state index contributed by atoms with van der Waals surface area (Å²) in [6, 6.07) is 24.2. The van der Waals surface area contributed by atoms with E-state index in [1.807, 2.05) is 60.7 Å². The number of rotatable bonds is 4. The van der Waals surface area contributed by atoms with Crippen molar-refractivity contribution in [2.45, 2.75) is 24.7 Å². The Morgan fingerprint density at radius 3 is 1.79 bits per heavy atom. The van der Waals surface area contributed by atoms with Crippen LogP contribution < -0.4 is 0 Å². The Morgan fingerprint density at radius 2 is 1.43 bits per heavy atom. The van der Waals surface area contributed by atoms with Crippen LogP contribution in [0.2, 0.25) is 0 Å². The number of alkyl halides is 2. The molecule has 0 N–H and O–H groups in total. The Morgan fingerprint density at radius 1 is 0.929 bits per heavy atom. The van der Waals surface area contributed by atoms with Gasteiger partial charge in [-0.15, -0.1) is 23.2 Å². The number of halogens is 2. The van der Waals surface area contributed by atoms with Gasteiger partial charge in [0, 0.05) is 11.8 Å². The standard InChI is InChI=1S/C12H11N.C8H7N.C4H6Cl2/c1-10-7-12(8-10,9-13)11-5-3-2-4-6-11;9-7-6-8-4-2-1-3-5-8;1-4(2-5)3-6/h2-6H,1,7-8H2;1-5H,6H2;1-3H2. The highest BCUT2D eigenvalue weighted by molar-refractivity contribution is 6.23. The predicted molar refractivity (Wildman–Crippen MR) is 118 cm³/mol. The average Bonchev–Trinajstić information content (AvgIpc) is 2.73. The zero-order chi connectivity index (χ0) is 20.8. The molecule has 0 radical (unpaired) electrons. The van der Waals surface area contributed by atoms with Crippen LogP contribution in [0.15, 0.2) is 85.0 Å². The minimum absolute atomic E-state index is 0.266. The first-order chi connectivity index (χ1) is 13.5. The lowest BCUT2D eigenvalue weighted by Gasteiger charge is -2.37. The van der Waals surface area contributed by atoms with Crippen LogP contribution in [-0.4, -0.2) is 11.8 Å². The maximum atomic E-state index is 9.12. The fourth-order valence-electron chi connectivity index (χ4n) is 2.63. The molecular formula is C24H24Cl2N2. The van der Waals surface area contributed by atoms with E-state index in [1.54, 1.807) is 0 Å². The van der Waals surface area contributed by atoms with Gasteiger partial charge in [-0.25, -0.2) is 0 Å². The minimum atomic E-state index is -0.266. The minimum Gasteiger partial charge on any atom is -0.198 e. The van der Waals surface area contributed by atoms with Crippen molar-refractivity contribution in [3.8, 4) is 12.1 Å². The van der Waals surface area contributed by atoms with Crippen molar-refractivity contribution in [3.63, 3.8) is 0 Å². The number of benzene rings is 2. The zero-order valence-electron chi connectivity index (χ0n) is 15.9. The molecule has 28 heavy (non-hydrogen) atoms. The quantitative estimate of drug-likeness (QED) is 0.422. The lowest BCUT2D eigenvalue weighted by atomic mass is 9.63. The van der Waals surface area contributed by atoms with Gasteiger partial charge in [0.15, 0.2) is 0 Å². The molecule has 0 aliphatic heterocycles. The van der Waals surface area contributed by atoms with Crippen LogP contribution >= 0.6 is 23.2 Å². The van der Waals surface area contributed by atoms with E-state index < -0.39 is 0 Å². The van der Waals surface area contributed by atoms with E-state index in [-0.39, 0.29) is 5.41 Å². The molecule has 0 aromatic heterocycles. The first-order valence-electron chi connectivity index (χ1n) is 8.84. The Balaban J connectivity index is 0.000000229. The van der Waals surface area contributed by atoms with Gasteiger partial charge in [0.05, 0.1) is 24.0 Å². The van der Waals surface area contributed by atoms with Crippen LogP contribution in [0.5, 0.6) is 0 Å². The number of nitrogens with zero attached hydrogens (tertiary/aromatic N) is 2. The van der Waals surface area contributed by atoms with Crippen molar-refractivity contribution in [2.75, 3.05) is 11.8 Å². The molecule has 0 atom stereocenters. The molecule has 0 spiro atoms. The van der Waals surface area contributed by atoms with Crippen LogP contribution in [0.1, 0.15) is 24.0 Å². The summed E-state index contributed by atoms with van der Waals surface area (Å²) < 4.78 is 0. The van der Waals surface area contributed by atoms with Crippen molar-refractivity contribution in [2.24, 2.45) is 0 Å². The van der Waals surface area contributed by atoms with E-state index in [0.29, 0.717) is 18.2 Å². The third-order valence-corrected chi connectivity index (χ3v) is 4.90. The van der Waals surface area contributed by atoms with Gasteiger partial charge >= 0.3 is 0 Å². The average molecular weight is 411 g/mol. The van der Waals surface area contributed by atoms with Gasteiger partial charge < -0.3 is 0 Å². The molecule has 1 aliphatic rings. The van der Waals surface area contributed by atoms with Crippen LogP contribution in [-0.2, 0) is 11.8 Å². The van der Waals surface area contributed by atoms with Gasteiger partial charge in [0.2, 0.25) is 0 Å². The van der Waals surface area contributed by atoms with E-state index >= 15 is 0 Å². The van der Waals surface area contributed by atoms with E-state index in [0.717, 1.165) is 29.5 Å². The molecule has 1 aliphatic carbocycles. The lowest BCUT2D eigenvalue weighted by Crippen LogP contribution is -2.33. The smallest absolute Gasteiger partial charge is 0.0896 e. The van der Waals surface area contributed by atoms with Crippen LogP contribution in [0.25, 0.3) is 0 Å². The van der Waals surface area contributed by atoms with Gasteiger partial charge in [-0.1, -0.05) is 79.4 Å². The van der Waals surface area contributed by atoms with Crippen molar-refractivity contribution in [1.29, 1.82) is 10.5 Å². The zero-order valence-corrected chi connectivity index (χ0v) is 17.4. The number of hydrogen-bond acceptors (Lipinski definition) is 2. The number of nitriles is 2. The lowest BCUT2D eigenvalue weighted by molar-refractivity contribution is 0.433. The molecule has 1 fully saturated rings. The fourth-order valence-corrected chi connectivity index (χ4v) is 2.92. The largest absolute Gasteiger partial charge is 0.198 e. The molecule has 0 amide bonds. The maximum Gasteiger partial charge on any atom is 0.0896 e. The molecule has 3 rings (SSSR count). The van der Waals surface area contributed by atoms with E-state index in [9.17, 15) is 0 Å². The highest BCUT2D eigenvalue weighted by Crippen LogP contribution is 2.45. The Bertz CT molecular complexity index is 816. The molecular weight excluding hydrogens is 387 g/mol. The molecule has 144 valence electrons. The third-order valence-electron chi connectivity index (χ3n) is 4.15. The summed E-state index contributed by atoms with van der Waals surface area (Å²) in [4.78, 5) is 0. The maximum absolute atomic E-state index is 9.12. The number of allylic oxidation sites excluding steroid dienone is 2. The Hall–Kier alpha value is -2.52. The van der Waals surface area contributed by atoms with Crippen molar-refractivity contribution >= 4 is 23.2 Å². The summed E-state index contributed by atoms with van der Waals surface area (Å²) in [7, 11) is 0. The summed E-state index contributed by atoms with van der Waals surface area (Å²) in [6.07, 6.45) is 2.17. The summed E-state index contributed by atoms with van der Waals surface area (Å²) in [5.74, 6) is 0.951. The van der Waals surface area contributed by atoms with Crippen molar-refractivity contribution in [1.82, 2.24) is 0 Å². The van der Waals surface area contributed by atoms with Crippen molar-refractivity contribution < 1.29 is 0 Å². The molecule has 0 unspecified atom stereocenters. The fraction of sp³-hybridized carbons (Fsp3) is 0.250. The molecule has 2 nitrogen and oxygen atoms in total. The van der Waals surface area contributed by atoms with Gasteiger partial charge in [-0.2, -0.15) is 10.5 Å². The summed E-state index contributed by atoms with van der Waals surface area (Å²) in [5, 5.41) is 17.4. The summed E-state index contributed by atoms with van der Waals surface area (Å²) in [6.45, 7) is 7.41. The monoisotopic (exact) mass is 410 g/mol. The van der Waals surface area contributed by atoms with Crippen molar-refractivity contribution in [3.05, 3.63) is 96.1 Å². The SMILES string of the molecule is C=C(CCl)CCl.C=C1CC(C#N)(c2ccccc2)C1.N#CCc1ccccc1. The first-order valence-corrected chi connectivity index (χ1v) is 9.91. The molecule has 2 aromatic rings. The predicted octanol–water partition coefficient (Wildman–Crippen LogP) is 6.57. The topological polar surface area (TPSA) is 47.6 Å². The van der Waals surface area contributed by atoms with E-state index in [4.69, 9.17) is 33.7 Å². The second-order valence-corrected chi connectivity index (χ2v) is 7.04. The van der Waals surface area contributed by atoms with Crippen LogP contribution in [0.3, 0.4) is 0 Å². The highest BCUT2D eigenvalue weighted by atomic mass is 35.5. The molecule has 1 saturated carbocycles. The highest BCUT2D eigenvalue weighted by Gasteiger charge is 2.41. The molecule has 2 aromatic carbocycles. The van der Waals surface area contributed by atoms with Gasteiger partial charge in [0.1, 0.15) is 0 Å². The second kappa shape index (κ2) is 12.8. The van der Waals surface area contributed by atoms with E-state index in [1.165, 1.54) is 5.57 Å². The Labute approximate surface area is 178 Å². The van der Waals surface area contributed by atoms with E-state index in [2.05, 4.69) is 25.3 Å².